The van der Waals surface area contributed by atoms with E-state index in [0.717, 1.165) is 25.9 Å². The van der Waals surface area contributed by atoms with E-state index in [2.05, 4.69) is 43.9 Å². The zero-order chi connectivity index (χ0) is 21.6. The highest BCUT2D eigenvalue weighted by molar-refractivity contribution is 14.1. The lowest BCUT2D eigenvalue weighted by atomic mass is 10.1. The molecule has 6 nitrogen and oxygen atoms in total. The van der Waals surface area contributed by atoms with Gasteiger partial charge in [0.15, 0.2) is 6.61 Å². The SMILES string of the molecule is N#CC(=Cc1ccc(OCC(=O)Nc2cccc(I)c2)cc1)c1nc2ccccc2[nH]1. The third kappa shape index (κ3) is 5.29. The molecule has 152 valence electrons. The number of nitriles is 1. The fraction of sp³-hybridized carbons (Fsp3) is 0.0417. The summed E-state index contributed by atoms with van der Waals surface area (Å²) in [5.41, 5.74) is 3.68. The molecule has 0 saturated carbocycles. The van der Waals surface area contributed by atoms with E-state index >= 15 is 0 Å². The topological polar surface area (TPSA) is 90.8 Å². The molecule has 1 heterocycles. The van der Waals surface area contributed by atoms with Gasteiger partial charge in [0, 0.05) is 9.26 Å². The number of para-hydroxylation sites is 2. The van der Waals surface area contributed by atoms with Gasteiger partial charge in [-0.1, -0.05) is 30.3 Å². The molecule has 3 aromatic carbocycles. The van der Waals surface area contributed by atoms with Gasteiger partial charge in [0.05, 0.1) is 16.6 Å². The number of allylic oxidation sites excluding steroid dienone is 1. The number of rotatable bonds is 6. The number of H-pyrrole nitrogens is 1. The number of carbonyl (C=O) groups is 1. The number of nitrogens with one attached hydrogen (secondary N) is 2. The lowest BCUT2D eigenvalue weighted by Crippen LogP contribution is -2.20. The highest BCUT2D eigenvalue weighted by Crippen LogP contribution is 2.21. The summed E-state index contributed by atoms with van der Waals surface area (Å²) in [6.07, 6.45) is 1.76. The standard InChI is InChI=1S/C24H17IN4O2/c25-18-4-3-5-19(13-18)27-23(30)15-31-20-10-8-16(9-11-20)12-17(14-26)24-28-21-6-1-2-7-22(21)29-24/h1-13H,15H2,(H,27,30)(H,28,29). The summed E-state index contributed by atoms with van der Waals surface area (Å²) in [5, 5.41) is 12.4. The van der Waals surface area contributed by atoms with Crippen LogP contribution in [-0.4, -0.2) is 22.5 Å². The molecular formula is C24H17IN4O2. The number of aromatic nitrogens is 2. The second-order valence-corrected chi connectivity index (χ2v) is 7.93. The summed E-state index contributed by atoms with van der Waals surface area (Å²) >= 11 is 2.19. The fourth-order valence-corrected chi connectivity index (χ4v) is 3.52. The molecule has 1 amide bonds. The van der Waals surface area contributed by atoms with Crippen LogP contribution < -0.4 is 10.1 Å². The van der Waals surface area contributed by atoms with Crippen molar-refractivity contribution in [3.63, 3.8) is 0 Å². The molecule has 1 aromatic heterocycles. The zero-order valence-electron chi connectivity index (χ0n) is 16.3. The number of nitrogens with zero attached hydrogens (tertiary/aromatic N) is 2. The summed E-state index contributed by atoms with van der Waals surface area (Å²) in [6, 6.07) is 24.5. The first-order valence-corrected chi connectivity index (χ1v) is 10.5. The van der Waals surface area contributed by atoms with Gasteiger partial charge in [0.25, 0.3) is 5.91 Å². The van der Waals surface area contributed by atoms with Gasteiger partial charge in [-0.25, -0.2) is 4.98 Å². The molecule has 0 unspecified atom stereocenters. The average molecular weight is 520 g/mol. The van der Waals surface area contributed by atoms with Gasteiger partial charge >= 0.3 is 0 Å². The summed E-state index contributed by atoms with van der Waals surface area (Å²) in [7, 11) is 0. The van der Waals surface area contributed by atoms with Crippen LogP contribution in [0.4, 0.5) is 5.69 Å². The number of fused-ring (bicyclic) bond motifs is 1. The third-order valence-electron chi connectivity index (χ3n) is 4.43. The van der Waals surface area contributed by atoms with Crippen molar-refractivity contribution in [2.75, 3.05) is 11.9 Å². The predicted octanol–water partition coefficient (Wildman–Crippen LogP) is 5.25. The lowest BCUT2D eigenvalue weighted by molar-refractivity contribution is -0.118. The Hall–Kier alpha value is -3.64. The largest absolute Gasteiger partial charge is 0.484 e. The van der Waals surface area contributed by atoms with E-state index in [9.17, 15) is 10.1 Å². The molecule has 7 heteroatoms. The number of aromatic amines is 1. The van der Waals surface area contributed by atoms with Crippen molar-refractivity contribution >= 4 is 56.9 Å². The number of ether oxygens (including phenoxy) is 1. The normalized spacial score (nSPS) is 11.2. The number of carbonyl (C=O) groups excluding carboxylic acids is 1. The van der Waals surface area contributed by atoms with E-state index in [1.807, 2.05) is 60.7 Å². The Balaban J connectivity index is 1.40. The van der Waals surface area contributed by atoms with E-state index < -0.39 is 0 Å². The second-order valence-electron chi connectivity index (χ2n) is 6.69. The predicted molar refractivity (Wildman–Crippen MR) is 129 cm³/mol. The Morgan fingerprint density at radius 1 is 1.13 bits per heavy atom. The molecule has 0 fully saturated rings. The molecule has 0 aliphatic rings. The van der Waals surface area contributed by atoms with E-state index in [1.165, 1.54) is 0 Å². The van der Waals surface area contributed by atoms with Crippen LogP contribution >= 0.6 is 22.6 Å². The fourth-order valence-electron chi connectivity index (χ4n) is 2.97. The molecule has 2 N–H and O–H groups in total. The van der Waals surface area contributed by atoms with Crippen LogP contribution in [0.3, 0.4) is 0 Å². The van der Waals surface area contributed by atoms with Gasteiger partial charge in [-0.3, -0.25) is 4.79 Å². The molecule has 4 aromatic rings. The highest BCUT2D eigenvalue weighted by Gasteiger charge is 2.08. The van der Waals surface area contributed by atoms with Crippen molar-refractivity contribution in [1.29, 1.82) is 5.26 Å². The third-order valence-corrected chi connectivity index (χ3v) is 5.11. The molecule has 0 radical (unpaired) electrons. The van der Waals surface area contributed by atoms with Gasteiger partial charge < -0.3 is 15.0 Å². The number of halogens is 1. The number of benzene rings is 3. The minimum absolute atomic E-state index is 0.0942. The minimum atomic E-state index is -0.234. The Morgan fingerprint density at radius 2 is 1.94 bits per heavy atom. The number of hydrogen-bond donors (Lipinski definition) is 2. The molecular weight excluding hydrogens is 503 g/mol. The summed E-state index contributed by atoms with van der Waals surface area (Å²) in [6.45, 7) is -0.0942. The molecule has 0 aliphatic heterocycles. The van der Waals surface area contributed by atoms with Crippen molar-refractivity contribution < 1.29 is 9.53 Å². The van der Waals surface area contributed by atoms with Gasteiger partial charge in [-0.2, -0.15) is 5.26 Å². The first-order chi connectivity index (χ1) is 15.1. The zero-order valence-corrected chi connectivity index (χ0v) is 18.5. The average Bonchev–Trinajstić information content (AvgIpc) is 3.21. The molecule has 0 bridgehead atoms. The van der Waals surface area contributed by atoms with E-state index in [0.29, 0.717) is 17.1 Å². The van der Waals surface area contributed by atoms with Gasteiger partial charge in [-0.15, -0.1) is 0 Å². The van der Waals surface area contributed by atoms with Crippen LogP contribution in [0, 0.1) is 14.9 Å². The van der Waals surface area contributed by atoms with Gasteiger partial charge in [-0.05, 0) is 76.7 Å². The van der Waals surface area contributed by atoms with Crippen LogP contribution in [0.5, 0.6) is 5.75 Å². The van der Waals surface area contributed by atoms with Crippen molar-refractivity contribution in [2.45, 2.75) is 0 Å². The van der Waals surface area contributed by atoms with Crippen LogP contribution in [-0.2, 0) is 4.79 Å². The van der Waals surface area contributed by atoms with Crippen LogP contribution in [0.2, 0.25) is 0 Å². The maximum atomic E-state index is 12.1. The molecule has 4 rings (SSSR count). The van der Waals surface area contributed by atoms with Crippen LogP contribution in [0.1, 0.15) is 11.4 Å². The highest BCUT2D eigenvalue weighted by atomic mass is 127. The van der Waals surface area contributed by atoms with E-state index in [4.69, 9.17) is 4.74 Å². The molecule has 0 spiro atoms. The maximum absolute atomic E-state index is 12.1. The Morgan fingerprint density at radius 3 is 2.68 bits per heavy atom. The minimum Gasteiger partial charge on any atom is -0.484 e. The molecule has 31 heavy (non-hydrogen) atoms. The number of imidazole rings is 1. The van der Waals surface area contributed by atoms with Gasteiger partial charge in [0.1, 0.15) is 17.6 Å². The first kappa shape index (κ1) is 20.6. The number of hydrogen-bond acceptors (Lipinski definition) is 4. The van der Waals surface area contributed by atoms with E-state index in [1.54, 1.807) is 18.2 Å². The molecule has 0 saturated heterocycles. The number of amides is 1. The maximum Gasteiger partial charge on any atom is 0.262 e. The second kappa shape index (κ2) is 9.45. The van der Waals surface area contributed by atoms with Crippen molar-refractivity contribution in [1.82, 2.24) is 9.97 Å². The van der Waals surface area contributed by atoms with Crippen molar-refractivity contribution in [2.24, 2.45) is 0 Å². The monoisotopic (exact) mass is 520 g/mol. The summed E-state index contributed by atoms with van der Waals surface area (Å²) in [5.74, 6) is 0.857. The Bertz CT molecular complexity index is 1270. The Labute approximate surface area is 192 Å². The summed E-state index contributed by atoms with van der Waals surface area (Å²) in [4.78, 5) is 19.7. The van der Waals surface area contributed by atoms with Crippen molar-refractivity contribution in [3.8, 4) is 11.8 Å². The lowest BCUT2D eigenvalue weighted by Gasteiger charge is -2.08. The molecule has 0 aliphatic carbocycles. The van der Waals surface area contributed by atoms with Crippen LogP contribution in [0.25, 0.3) is 22.7 Å². The summed E-state index contributed by atoms with van der Waals surface area (Å²) < 4.78 is 6.60. The first-order valence-electron chi connectivity index (χ1n) is 9.46. The number of anilines is 1. The van der Waals surface area contributed by atoms with E-state index in [-0.39, 0.29) is 12.5 Å². The van der Waals surface area contributed by atoms with Crippen LogP contribution in [0.15, 0.2) is 72.8 Å². The smallest absolute Gasteiger partial charge is 0.262 e. The Kier molecular flexibility index (Phi) is 6.29. The molecule has 0 atom stereocenters. The van der Waals surface area contributed by atoms with Crippen molar-refractivity contribution in [3.05, 3.63) is 87.8 Å². The van der Waals surface area contributed by atoms with Gasteiger partial charge in [0.2, 0.25) is 0 Å². The quantitative estimate of drug-likeness (QED) is 0.269.